The quantitative estimate of drug-likeness (QED) is 0.672. The maximum atomic E-state index is 2.29. The lowest BCUT2D eigenvalue weighted by Gasteiger charge is -2.18. The molecule has 0 bridgehead atoms. The molecule has 3 rings (SSSR count). The number of thioether (sulfide) groups is 1. The third kappa shape index (κ3) is 1.74. The zero-order valence-electron chi connectivity index (χ0n) is 8.91. The lowest BCUT2D eigenvalue weighted by Crippen LogP contribution is -2.03. The van der Waals surface area contributed by atoms with Gasteiger partial charge in [-0.3, -0.25) is 0 Å². The van der Waals surface area contributed by atoms with Crippen molar-refractivity contribution in [2.75, 3.05) is 5.75 Å². The van der Waals surface area contributed by atoms with E-state index in [-0.39, 0.29) is 0 Å². The third-order valence-electron chi connectivity index (χ3n) is 3.50. The van der Waals surface area contributed by atoms with E-state index >= 15 is 0 Å². The van der Waals surface area contributed by atoms with Crippen molar-refractivity contribution in [3.05, 3.63) is 46.4 Å². The molecule has 0 saturated heterocycles. The van der Waals surface area contributed by atoms with E-state index in [1.165, 1.54) is 37.0 Å². The van der Waals surface area contributed by atoms with E-state index < -0.39 is 0 Å². The predicted octanol–water partition coefficient (Wildman–Crippen LogP) is 4.35. The molecule has 1 atom stereocenters. The Kier molecular flexibility index (Phi) is 2.57. The molecule has 1 heterocycles. The number of rotatable bonds is 1. The zero-order chi connectivity index (χ0) is 10.1. The van der Waals surface area contributed by atoms with Gasteiger partial charge in [-0.1, -0.05) is 35.9 Å². The van der Waals surface area contributed by atoms with Gasteiger partial charge in [0, 0.05) is 11.7 Å². The van der Waals surface area contributed by atoms with Crippen LogP contribution >= 0.6 is 11.8 Å². The molecule has 0 radical (unpaired) electrons. The lowest BCUT2D eigenvalue weighted by molar-refractivity contribution is 0.664. The number of hydrogen-bond acceptors (Lipinski definition) is 1. The van der Waals surface area contributed by atoms with E-state index in [9.17, 15) is 0 Å². The number of allylic oxidation sites excluding steroid dienone is 2. The second kappa shape index (κ2) is 4.05. The molecular formula is C14H16S. The minimum absolute atomic E-state index is 0.728. The SMILES string of the molecule is c1ccc(C2CSC3=C2CCCC3)cc1. The molecule has 0 nitrogen and oxygen atoms in total. The highest BCUT2D eigenvalue weighted by atomic mass is 32.2. The van der Waals surface area contributed by atoms with Crippen molar-refractivity contribution in [2.45, 2.75) is 31.6 Å². The van der Waals surface area contributed by atoms with Gasteiger partial charge in [0.25, 0.3) is 0 Å². The Morgan fingerprint density at radius 2 is 1.80 bits per heavy atom. The Hall–Kier alpha value is -0.690. The first-order valence-corrected chi connectivity index (χ1v) is 6.83. The van der Waals surface area contributed by atoms with Crippen LogP contribution in [-0.4, -0.2) is 5.75 Å². The van der Waals surface area contributed by atoms with Gasteiger partial charge in [-0.25, -0.2) is 0 Å². The summed E-state index contributed by atoms with van der Waals surface area (Å²) in [6.07, 6.45) is 5.52. The molecule has 2 aliphatic rings. The van der Waals surface area contributed by atoms with Crippen LogP contribution in [0.15, 0.2) is 40.8 Å². The second-order valence-corrected chi connectivity index (χ2v) is 5.54. The Morgan fingerprint density at radius 3 is 2.67 bits per heavy atom. The average molecular weight is 216 g/mol. The van der Waals surface area contributed by atoms with Crippen molar-refractivity contribution in [1.82, 2.24) is 0 Å². The zero-order valence-corrected chi connectivity index (χ0v) is 9.72. The first kappa shape index (κ1) is 9.53. The fraction of sp³-hybridized carbons (Fsp3) is 0.429. The molecule has 0 N–H and O–H groups in total. The maximum Gasteiger partial charge on any atom is 0.0153 e. The topological polar surface area (TPSA) is 0 Å². The van der Waals surface area contributed by atoms with Crippen molar-refractivity contribution in [2.24, 2.45) is 0 Å². The van der Waals surface area contributed by atoms with Gasteiger partial charge >= 0.3 is 0 Å². The molecule has 1 aromatic rings. The summed E-state index contributed by atoms with van der Waals surface area (Å²) in [6.45, 7) is 0. The summed E-state index contributed by atoms with van der Waals surface area (Å²) in [5, 5.41) is 0. The molecule has 0 fully saturated rings. The van der Waals surface area contributed by atoms with E-state index in [4.69, 9.17) is 0 Å². The largest absolute Gasteiger partial charge is 0.130 e. The minimum atomic E-state index is 0.728. The van der Waals surface area contributed by atoms with Gasteiger partial charge in [-0.2, -0.15) is 0 Å². The molecule has 1 unspecified atom stereocenters. The minimum Gasteiger partial charge on any atom is -0.130 e. The van der Waals surface area contributed by atoms with Gasteiger partial charge < -0.3 is 0 Å². The lowest BCUT2D eigenvalue weighted by atomic mass is 9.86. The molecule has 78 valence electrons. The first-order valence-electron chi connectivity index (χ1n) is 5.85. The van der Waals surface area contributed by atoms with Crippen LogP contribution < -0.4 is 0 Å². The summed E-state index contributed by atoms with van der Waals surface area (Å²) in [6, 6.07) is 11.0. The highest BCUT2D eigenvalue weighted by Gasteiger charge is 2.28. The molecule has 15 heavy (non-hydrogen) atoms. The summed E-state index contributed by atoms with van der Waals surface area (Å²) in [5.74, 6) is 2.01. The van der Waals surface area contributed by atoms with Crippen molar-refractivity contribution < 1.29 is 0 Å². The smallest absolute Gasteiger partial charge is 0.0153 e. The van der Waals surface area contributed by atoms with Crippen LogP contribution in [-0.2, 0) is 0 Å². The van der Waals surface area contributed by atoms with Crippen LogP contribution in [0.2, 0.25) is 0 Å². The standard InChI is InChI=1S/C14H16S/c1-2-6-11(7-3-1)13-10-15-14-9-5-4-8-12(13)14/h1-3,6-7,13H,4-5,8-10H2. The van der Waals surface area contributed by atoms with Gasteiger partial charge in [-0.15, -0.1) is 11.8 Å². The highest BCUT2D eigenvalue weighted by Crippen LogP contribution is 2.48. The van der Waals surface area contributed by atoms with Crippen molar-refractivity contribution >= 4 is 11.8 Å². The van der Waals surface area contributed by atoms with Gasteiger partial charge in [0.05, 0.1) is 0 Å². The Balaban J connectivity index is 1.93. The Bertz CT molecular complexity index is 378. The summed E-state index contributed by atoms with van der Waals surface area (Å²) in [4.78, 5) is 1.72. The predicted molar refractivity (Wildman–Crippen MR) is 67.1 cm³/mol. The molecule has 1 aliphatic carbocycles. The molecule has 0 amide bonds. The molecule has 0 saturated carbocycles. The summed E-state index contributed by atoms with van der Waals surface area (Å²) in [5.41, 5.74) is 3.29. The van der Waals surface area contributed by atoms with E-state index in [0.717, 1.165) is 5.92 Å². The van der Waals surface area contributed by atoms with Gasteiger partial charge in [0.1, 0.15) is 0 Å². The normalized spacial score (nSPS) is 25.5. The van der Waals surface area contributed by atoms with Crippen LogP contribution in [0.4, 0.5) is 0 Å². The summed E-state index contributed by atoms with van der Waals surface area (Å²) in [7, 11) is 0. The van der Waals surface area contributed by atoms with Gasteiger partial charge in [-0.05, 0) is 36.2 Å². The van der Waals surface area contributed by atoms with Gasteiger partial charge in [0.2, 0.25) is 0 Å². The molecule has 0 aromatic heterocycles. The molecule has 0 spiro atoms. The molecule has 1 aromatic carbocycles. The van der Waals surface area contributed by atoms with Crippen LogP contribution in [0, 0.1) is 0 Å². The summed E-state index contributed by atoms with van der Waals surface area (Å²) < 4.78 is 0. The fourth-order valence-corrected chi connectivity index (χ4v) is 4.18. The molecular weight excluding hydrogens is 200 g/mol. The van der Waals surface area contributed by atoms with Crippen LogP contribution in [0.5, 0.6) is 0 Å². The van der Waals surface area contributed by atoms with Gasteiger partial charge in [0.15, 0.2) is 0 Å². The van der Waals surface area contributed by atoms with E-state index in [1.54, 1.807) is 10.5 Å². The Labute approximate surface area is 95.8 Å². The second-order valence-electron chi connectivity index (χ2n) is 4.43. The number of hydrogen-bond donors (Lipinski definition) is 0. The van der Waals surface area contributed by atoms with Crippen molar-refractivity contribution in [3.8, 4) is 0 Å². The first-order chi connectivity index (χ1) is 7.45. The molecule has 1 aliphatic heterocycles. The van der Waals surface area contributed by atoms with E-state index in [0.29, 0.717) is 0 Å². The van der Waals surface area contributed by atoms with E-state index in [2.05, 4.69) is 42.1 Å². The highest BCUT2D eigenvalue weighted by molar-refractivity contribution is 8.03. The van der Waals surface area contributed by atoms with Crippen LogP contribution in [0.1, 0.15) is 37.2 Å². The average Bonchev–Trinajstić information content (AvgIpc) is 2.74. The third-order valence-corrected chi connectivity index (χ3v) is 4.82. The fourth-order valence-electron chi connectivity index (χ4n) is 2.70. The maximum absolute atomic E-state index is 2.29. The van der Waals surface area contributed by atoms with E-state index in [1.807, 2.05) is 0 Å². The van der Waals surface area contributed by atoms with Crippen LogP contribution in [0.25, 0.3) is 0 Å². The van der Waals surface area contributed by atoms with Crippen molar-refractivity contribution in [1.29, 1.82) is 0 Å². The van der Waals surface area contributed by atoms with Crippen molar-refractivity contribution in [3.63, 3.8) is 0 Å². The summed E-state index contributed by atoms with van der Waals surface area (Å²) >= 11 is 2.11. The van der Waals surface area contributed by atoms with Crippen LogP contribution in [0.3, 0.4) is 0 Å². The molecule has 1 heteroatoms. The number of benzene rings is 1. The monoisotopic (exact) mass is 216 g/mol. The Morgan fingerprint density at radius 1 is 1.00 bits per heavy atom.